The summed E-state index contributed by atoms with van der Waals surface area (Å²) in [5.74, 6) is -1.17. The second kappa shape index (κ2) is 7.50. The van der Waals surface area contributed by atoms with Gasteiger partial charge in [-0.25, -0.2) is 0 Å². The number of aliphatic carboxylic acids is 1. The molecule has 0 saturated carbocycles. The van der Waals surface area contributed by atoms with Crippen molar-refractivity contribution in [1.29, 1.82) is 0 Å². The summed E-state index contributed by atoms with van der Waals surface area (Å²) in [5.41, 5.74) is 0. The second-order valence-electron chi connectivity index (χ2n) is 1.58. The molecule has 4 heteroatoms. The van der Waals surface area contributed by atoms with Crippen LogP contribution in [0, 0.1) is 0 Å². The van der Waals surface area contributed by atoms with Crippen molar-refractivity contribution in [1.82, 2.24) is 0 Å². The first-order chi connectivity index (χ1) is 3.68. The summed E-state index contributed by atoms with van der Waals surface area (Å²) in [5, 5.41) is 9.04. The topological polar surface area (TPSA) is 40.1 Å². The van der Waals surface area contributed by atoms with Crippen molar-refractivity contribution in [3.63, 3.8) is 0 Å². The maximum atomic E-state index is 9.85. The summed E-state index contributed by atoms with van der Waals surface area (Å²) in [6.45, 7) is 1.87. The van der Waals surface area contributed by atoms with E-state index in [0.29, 0.717) is 6.42 Å². The third-order valence-corrected chi connectivity index (χ3v) is 1.19. The van der Waals surface area contributed by atoms with E-state index >= 15 is 0 Å². The zero-order valence-corrected chi connectivity index (χ0v) is 9.57. The van der Waals surface area contributed by atoms with Gasteiger partial charge in [0.1, 0.15) is 0 Å². The Labute approximate surface area is 102 Å². The van der Waals surface area contributed by atoms with Crippen molar-refractivity contribution in [2.24, 2.45) is 0 Å². The SMILES string of the molecule is CCCC(Cl)C(=O)[O-].[K+]. The molecule has 0 aliphatic rings. The Morgan fingerprint density at radius 2 is 2.22 bits per heavy atom. The van der Waals surface area contributed by atoms with E-state index in [0.717, 1.165) is 6.42 Å². The number of carbonyl (C=O) groups excluding carboxylic acids is 1. The zero-order chi connectivity index (χ0) is 6.57. The summed E-state index contributed by atoms with van der Waals surface area (Å²) in [6, 6.07) is 0. The number of rotatable bonds is 3. The van der Waals surface area contributed by atoms with Gasteiger partial charge in [-0.1, -0.05) is 13.3 Å². The van der Waals surface area contributed by atoms with Gasteiger partial charge in [0.2, 0.25) is 0 Å². The number of hydrogen-bond acceptors (Lipinski definition) is 2. The van der Waals surface area contributed by atoms with Gasteiger partial charge in [0.25, 0.3) is 0 Å². The Balaban J connectivity index is 0. The molecular formula is C5H8ClKO2. The smallest absolute Gasteiger partial charge is 0.549 e. The van der Waals surface area contributed by atoms with Gasteiger partial charge in [-0.15, -0.1) is 11.6 Å². The van der Waals surface area contributed by atoms with Crippen molar-refractivity contribution in [3.8, 4) is 0 Å². The molecule has 0 radical (unpaired) electrons. The van der Waals surface area contributed by atoms with E-state index < -0.39 is 11.3 Å². The Morgan fingerprint density at radius 1 is 1.78 bits per heavy atom. The fourth-order valence-electron chi connectivity index (χ4n) is 0.371. The molecule has 1 unspecified atom stereocenters. The number of hydrogen-bond donors (Lipinski definition) is 0. The number of carboxylic acids is 1. The number of alkyl halides is 1. The van der Waals surface area contributed by atoms with Crippen LogP contribution in [0.25, 0.3) is 0 Å². The average Bonchev–Trinajstić information content (AvgIpc) is 1.67. The minimum absolute atomic E-state index is 0. The molecule has 0 spiro atoms. The Kier molecular flexibility index (Phi) is 10.9. The third-order valence-electron chi connectivity index (χ3n) is 0.798. The van der Waals surface area contributed by atoms with E-state index in [-0.39, 0.29) is 51.4 Å². The summed E-state index contributed by atoms with van der Waals surface area (Å²) >= 11 is 5.25. The van der Waals surface area contributed by atoms with Crippen LogP contribution in [0.15, 0.2) is 0 Å². The van der Waals surface area contributed by atoms with Gasteiger partial charge in [-0.2, -0.15) is 0 Å². The van der Waals surface area contributed by atoms with E-state index in [2.05, 4.69) is 0 Å². The zero-order valence-electron chi connectivity index (χ0n) is 5.69. The van der Waals surface area contributed by atoms with Crippen molar-refractivity contribution in [2.45, 2.75) is 25.1 Å². The molecular weight excluding hydrogens is 167 g/mol. The van der Waals surface area contributed by atoms with Gasteiger partial charge in [0.05, 0.1) is 11.3 Å². The Morgan fingerprint density at radius 3 is 2.33 bits per heavy atom. The second-order valence-corrected chi connectivity index (χ2v) is 2.10. The van der Waals surface area contributed by atoms with Crippen LogP contribution in [-0.2, 0) is 4.79 Å². The maximum absolute atomic E-state index is 9.85. The van der Waals surface area contributed by atoms with Crippen molar-refractivity contribution >= 4 is 17.6 Å². The maximum Gasteiger partial charge on any atom is 1.00 e. The van der Waals surface area contributed by atoms with Gasteiger partial charge in [0, 0.05) is 0 Å². The van der Waals surface area contributed by atoms with Gasteiger partial charge in [0.15, 0.2) is 0 Å². The van der Waals surface area contributed by atoms with E-state index in [1.165, 1.54) is 0 Å². The number of halogens is 1. The van der Waals surface area contributed by atoms with Crippen LogP contribution >= 0.6 is 11.6 Å². The molecule has 0 aromatic heterocycles. The minimum atomic E-state index is -1.17. The van der Waals surface area contributed by atoms with E-state index in [9.17, 15) is 9.90 Å². The van der Waals surface area contributed by atoms with Gasteiger partial charge in [-0.3, -0.25) is 0 Å². The molecule has 0 aliphatic heterocycles. The third kappa shape index (κ3) is 7.29. The molecule has 0 bridgehead atoms. The molecule has 0 N–H and O–H groups in total. The van der Waals surface area contributed by atoms with E-state index in [1.54, 1.807) is 0 Å². The molecule has 2 nitrogen and oxygen atoms in total. The standard InChI is InChI=1S/C5H9ClO2.K/c1-2-3-4(6)5(7)8;/h4H,2-3H2,1H3,(H,7,8);/q;+1/p-1. The van der Waals surface area contributed by atoms with Crippen LogP contribution in [0.2, 0.25) is 0 Å². The molecule has 0 aliphatic carbocycles. The van der Waals surface area contributed by atoms with Crippen molar-refractivity contribution in [2.75, 3.05) is 0 Å². The van der Waals surface area contributed by atoms with Crippen LogP contribution in [0.4, 0.5) is 0 Å². The normalized spacial score (nSPS) is 11.8. The van der Waals surface area contributed by atoms with Crippen LogP contribution in [-0.4, -0.2) is 11.3 Å². The van der Waals surface area contributed by atoms with Crippen LogP contribution < -0.4 is 56.5 Å². The quantitative estimate of drug-likeness (QED) is 0.342. The number of carboxylic acid groups (broad SMARTS) is 1. The van der Waals surface area contributed by atoms with Crippen molar-refractivity contribution in [3.05, 3.63) is 0 Å². The van der Waals surface area contributed by atoms with Crippen LogP contribution in [0.5, 0.6) is 0 Å². The summed E-state index contributed by atoms with van der Waals surface area (Å²) in [6.07, 6.45) is 1.27. The predicted molar refractivity (Wildman–Crippen MR) is 29.6 cm³/mol. The first kappa shape index (κ1) is 13.0. The summed E-state index contributed by atoms with van der Waals surface area (Å²) in [4.78, 5) is 9.85. The van der Waals surface area contributed by atoms with E-state index in [1.807, 2.05) is 6.92 Å². The molecule has 48 valence electrons. The van der Waals surface area contributed by atoms with Crippen molar-refractivity contribution < 1.29 is 61.3 Å². The predicted octanol–water partition coefficient (Wildman–Crippen LogP) is -2.85. The largest absolute Gasteiger partial charge is 1.00 e. The fourth-order valence-corrected chi connectivity index (χ4v) is 0.590. The molecule has 0 saturated heterocycles. The van der Waals surface area contributed by atoms with Gasteiger partial charge >= 0.3 is 51.4 Å². The Hall–Kier alpha value is 1.40. The number of carbonyl (C=O) groups is 1. The summed E-state index contributed by atoms with van der Waals surface area (Å²) in [7, 11) is 0. The molecule has 1 atom stereocenters. The molecule has 9 heavy (non-hydrogen) atoms. The summed E-state index contributed by atoms with van der Waals surface area (Å²) < 4.78 is 0. The molecule has 0 heterocycles. The first-order valence-corrected chi connectivity index (χ1v) is 2.97. The van der Waals surface area contributed by atoms with E-state index in [4.69, 9.17) is 11.6 Å². The molecule has 0 amide bonds. The molecule has 0 aromatic rings. The van der Waals surface area contributed by atoms with Gasteiger partial charge in [-0.05, 0) is 6.42 Å². The first-order valence-electron chi connectivity index (χ1n) is 2.53. The minimum Gasteiger partial charge on any atom is -0.549 e. The van der Waals surface area contributed by atoms with Crippen LogP contribution in [0.3, 0.4) is 0 Å². The molecule has 0 fully saturated rings. The van der Waals surface area contributed by atoms with Gasteiger partial charge < -0.3 is 9.90 Å². The fraction of sp³-hybridized carbons (Fsp3) is 0.800. The molecule has 0 rings (SSSR count). The average molecular weight is 175 g/mol. The van der Waals surface area contributed by atoms with Crippen LogP contribution in [0.1, 0.15) is 19.8 Å². The molecule has 0 aromatic carbocycles. The monoisotopic (exact) mass is 174 g/mol. The Bertz CT molecular complexity index is 87.0.